The van der Waals surface area contributed by atoms with Gasteiger partial charge in [-0.2, -0.15) is 0 Å². The zero-order valence-electron chi connectivity index (χ0n) is 13.2. The summed E-state index contributed by atoms with van der Waals surface area (Å²) >= 11 is 0. The SMILES string of the molecule is CC(C)CC(C)N(C)C(=O)[C@@H](N)CCc1ccccc1. The van der Waals surface area contributed by atoms with Crippen LogP contribution in [-0.4, -0.2) is 29.9 Å². The van der Waals surface area contributed by atoms with Gasteiger partial charge in [-0.3, -0.25) is 4.79 Å². The molecule has 112 valence electrons. The summed E-state index contributed by atoms with van der Waals surface area (Å²) in [4.78, 5) is 14.1. The van der Waals surface area contributed by atoms with Gasteiger partial charge in [0, 0.05) is 13.1 Å². The molecule has 0 radical (unpaired) electrons. The summed E-state index contributed by atoms with van der Waals surface area (Å²) in [5, 5.41) is 0. The van der Waals surface area contributed by atoms with Crippen LogP contribution >= 0.6 is 0 Å². The minimum atomic E-state index is -0.408. The van der Waals surface area contributed by atoms with Crippen LogP contribution in [0, 0.1) is 5.92 Å². The number of nitrogens with zero attached hydrogens (tertiary/aromatic N) is 1. The van der Waals surface area contributed by atoms with Crippen molar-refractivity contribution in [1.29, 1.82) is 0 Å². The molecule has 0 aliphatic carbocycles. The van der Waals surface area contributed by atoms with Crippen molar-refractivity contribution in [3.8, 4) is 0 Å². The van der Waals surface area contributed by atoms with Crippen LogP contribution in [0.3, 0.4) is 0 Å². The van der Waals surface area contributed by atoms with Crippen molar-refractivity contribution in [2.24, 2.45) is 11.7 Å². The maximum absolute atomic E-state index is 12.3. The van der Waals surface area contributed by atoms with Crippen LogP contribution in [0.1, 0.15) is 39.2 Å². The van der Waals surface area contributed by atoms with E-state index in [2.05, 4.69) is 32.9 Å². The molecule has 1 amide bonds. The number of aryl methyl sites for hydroxylation is 1. The Labute approximate surface area is 123 Å². The average molecular weight is 276 g/mol. The smallest absolute Gasteiger partial charge is 0.239 e. The number of hydrogen-bond acceptors (Lipinski definition) is 2. The summed E-state index contributed by atoms with van der Waals surface area (Å²) in [5.74, 6) is 0.634. The van der Waals surface area contributed by atoms with Crippen molar-refractivity contribution in [2.45, 2.75) is 52.1 Å². The van der Waals surface area contributed by atoms with Gasteiger partial charge < -0.3 is 10.6 Å². The van der Waals surface area contributed by atoms with E-state index in [9.17, 15) is 4.79 Å². The zero-order valence-corrected chi connectivity index (χ0v) is 13.2. The lowest BCUT2D eigenvalue weighted by Gasteiger charge is -2.28. The van der Waals surface area contributed by atoms with Gasteiger partial charge in [-0.1, -0.05) is 44.2 Å². The Morgan fingerprint density at radius 3 is 2.35 bits per heavy atom. The van der Waals surface area contributed by atoms with E-state index in [0.717, 1.165) is 12.8 Å². The number of carbonyl (C=O) groups is 1. The molecule has 1 aromatic rings. The Morgan fingerprint density at radius 2 is 1.80 bits per heavy atom. The molecule has 20 heavy (non-hydrogen) atoms. The van der Waals surface area contributed by atoms with E-state index >= 15 is 0 Å². The summed E-state index contributed by atoms with van der Waals surface area (Å²) in [7, 11) is 1.86. The third kappa shape index (κ3) is 5.33. The molecule has 3 nitrogen and oxygen atoms in total. The molecular weight excluding hydrogens is 248 g/mol. The monoisotopic (exact) mass is 276 g/mol. The van der Waals surface area contributed by atoms with Crippen molar-refractivity contribution in [1.82, 2.24) is 4.90 Å². The summed E-state index contributed by atoms with van der Waals surface area (Å²) in [6, 6.07) is 10.00. The summed E-state index contributed by atoms with van der Waals surface area (Å²) in [6.45, 7) is 6.43. The van der Waals surface area contributed by atoms with E-state index in [1.807, 2.05) is 25.2 Å². The second-order valence-electron chi connectivity index (χ2n) is 6.06. The maximum atomic E-state index is 12.3. The molecule has 1 rings (SSSR count). The normalized spacial score (nSPS) is 14.1. The third-order valence-electron chi connectivity index (χ3n) is 3.73. The first-order chi connectivity index (χ1) is 9.41. The number of hydrogen-bond donors (Lipinski definition) is 1. The maximum Gasteiger partial charge on any atom is 0.239 e. The number of carbonyl (C=O) groups excluding carboxylic acids is 1. The van der Waals surface area contributed by atoms with E-state index in [-0.39, 0.29) is 11.9 Å². The van der Waals surface area contributed by atoms with Crippen molar-refractivity contribution >= 4 is 5.91 Å². The van der Waals surface area contributed by atoms with Crippen molar-refractivity contribution in [2.75, 3.05) is 7.05 Å². The molecule has 0 aliphatic heterocycles. The van der Waals surface area contributed by atoms with Crippen LogP contribution in [0.15, 0.2) is 30.3 Å². The molecule has 0 heterocycles. The summed E-state index contributed by atoms with van der Waals surface area (Å²) in [5.41, 5.74) is 7.27. The molecule has 0 saturated carbocycles. The van der Waals surface area contributed by atoms with Gasteiger partial charge in [0.15, 0.2) is 0 Å². The zero-order chi connectivity index (χ0) is 15.1. The van der Waals surface area contributed by atoms with Gasteiger partial charge in [-0.25, -0.2) is 0 Å². The van der Waals surface area contributed by atoms with E-state index in [4.69, 9.17) is 5.73 Å². The van der Waals surface area contributed by atoms with Gasteiger partial charge in [0.25, 0.3) is 0 Å². The van der Waals surface area contributed by atoms with Gasteiger partial charge in [-0.05, 0) is 37.7 Å². The highest BCUT2D eigenvalue weighted by Gasteiger charge is 2.22. The largest absolute Gasteiger partial charge is 0.342 e. The molecule has 1 unspecified atom stereocenters. The van der Waals surface area contributed by atoms with Crippen molar-refractivity contribution in [3.63, 3.8) is 0 Å². The summed E-state index contributed by atoms with van der Waals surface area (Å²) in [6.07, 6.45) is 2.55. The topological polar surface area (TPSA) is 46.3 Å². The third-order valence-corrected chi connectivity index (χ3v) is 3.73. The molecule has 2 atom stereocenters. The fraction of sp³-hybridized carbons (Fsp3) is 0.588. The molecule has 0 spiro atoms. The molecule has 2 N–H and O–H groups in total. The number of benzene rings is 1. The molecule has 0 saturated heterocycles. The lowest BCUT2D eigenvalue weighted by Crippen LogP contribution is -2.46. The van der Waals surface area contributed by atoms with E-state index in [1.54, 1.807) is 4.90 Å². The lowest BCUT2D eigenvalue weighted by molar-refractivity contribution is -0.133. The minimum Gasteiger partial charge on any atom is -0.342 e. The van der Waals surface area contributed by atoms with Crippen molar-refractivity contribution < 1.29 is 4.79 Å². The molecule has 0 aromatic heterocycles. The van der Waals surface area contributed by atoms with E-state index in [1.165, 1.54) is 5.56 Å². The molecule has 0 bridgehead atoms. The highest BCUT2D eigenvalue weighted by molar-refractivity contribution is 5.81. The van der Waals surface area contributed by atoms with E-state index < -0.39 is 6.04 Å². The van der Waals surface area contributed by atoms with Gasteiger partial charge >= 0.3 is 0 Å². The fourth-order valence-corrected chi connectivity index (χ4v) is 2.41. The van der Waals surface area contributed by atoms with Crippen molar-refractivity contribution in [3.05, 3.63) is 35.9 Å². The predicted octanol–water partition coefficient (Wildman–Crippen LogP) is 2.84. The van der Waals surface area contributed by atoms with Gasteiger partial charge in [0.05, 0.1) is 6.04 Å². The first kappa shape index (κ1) is 16.7. The van der Waals surface area contributed by atoms with Crippen LogP contribution in [0.25, 0.3) is 0 Å². The second kappa shape index (κ2) is 8.05. The Bertz CT molecular complexity index is 403. The van der Waals surface area contributed by atoms with Gasteiger partial charge in [-0.15, -0.1) is 0 Å². The summed E-state index contributed by atoms with van der Waals surface area (Å²) < 4.78 is 0. The fourth-order valence-electron chi connectivity index (χ4n) is 2.41. The van der Waals surface area contributed by atoms with Crippen LogP contribution in [0.2, 0.25) is 0 Å². The van der Waals surface area contributed by atoms with Gasteiger partial charge in [0.2, 0.25) is 5.91 Å². The Morgan fingerprint density at radius 1 is 1.20 bits per heavy atom. The first-order valence-corrected chi connectivity index (χ1v) is 7.48. The quantitative estimate of drug-likeness (QED) is 0.832. The number of nitrogens with two attached hydrogens (primary N) is 1. The highest BCUT2D eigenvalue weighted by Crippen LogP contribution is 2.12. The molecule has 3 heteroatoms. The van der Waals surface area contributed by atoms with Crippen LogP contribution in [-0.2, 0) is 11.2 Å². The molecule has 1 aromatic carbocycles. The number of likely N-dealkylation sites (N-methyl/N-ethyl adjacent to an activating group) is 1. The molecule has 0 aliphatic rings. The molecule has 0 fully saturated rings. The Hall–Kier alpha value is -1.35. The lowest BCUT2D eigenvalue weighted by atomic mass is 10.0. The molecular formula is C17H28N2O. The van der Waals surface area contributed by atoms with Crippen LogP contribution < -0.4 is 5.73 Å². The second-order valence-corrected chi connectivity index (χ2v) is 6.06. The Kier molecular flexibility index (Phi) is 6.73. The predicted molar refractivity (Wildman–Crippen MR) is 84.4 cm³/mol. The first-order valence-electron chi connectivity index (χ1n) is 7.48. The Balaban J connectivity index is 2.46. The average Bonchev–Trinajstić information content (AvgIpc) is 2.43. The number of amides is 1. The highest BCUT2D eigenvalue weighted by atomic mass is 16.2. The minimum absolute atomic E-state index is 0.0501. The standard InChI is InChI=1S/C17H28N2O/c1-13(2)12-14(3)19(4)17(20)16(18)11-10-15-8-6-5-7-9-15/h5-9,13-14,16H,10-12,18H2,1-4H3/t14?,16-/m0/s1. The van der Waals surface area contributed by atoms with Crippen LogP contribution in [0.4, 0.5) is 0 Å². The van der Waals surface area contributed by atoms with E-state index in [0.29, 0.717) is 12.3 Å². The number of rotatable bonds is 7. The van der Waals surface area contributed by atoms with Gasteiger partial charge in [0.1, 0.15) is 0 Å². The van der Waals surface area contributed by atoms with Crippen LogP contribution in [0.5, 0.6) is 0 Å².